The van der Waals surface area contributed by atoms with Crippen LogP contribution in [0.3, 0.4) is 0 Å². The summed E-state index contributed by atoms with van der Waals surface area (Å²) in [5.41, 5.74) is 1.62. The average molecular weight is 476 g/mol. The van der Waals surface area contributed by atoms with E-state index in [9.17, 15) is 9.59 Å². The van der Waals surface area contributed by atoms with Gasteiger partial charge in [-0.1, -0.05) is 27.5 Å². The maximum absolute atomic E-state index is 12.9. The van der Waals surface area contributed by atoms with E-state index in [1.54, 1.807) is 35.0 Å². The van der Waals surface area contributed by atoms with Crippen LogP contribution in [0.5, 0.6) is 0 Å². The van der Waals surface area contributed by atoms with Gasteiger partial charge in [0.15, 0.2) is 5.58 Å². The highest BCUT2D eigenvalue weighted by atomic mass is 79.9. The minimum atomic E-state index is -0.445. The van der Waals surface area contributed by atoms with Crippen molar-refractivity contribution in [3.63, 3.8) is 0 Å². The molecule has 7 nitrogen and oxygen atoms in total. The van der Waals surface area contributed by atoms with Crippen molar-refractivity contribution in [2.45, 2.75) is 26.3 Å². The fourth-order valence-electron chi connectivity index (χ4n) is 3.05. The lowest BCUT2D eigenvalue weighted by Gasteiger charge is -2.15. The SMILES string of the molecule is CC(C)n1nc(CC(=O)Nc2nc3cc(Cl)ccc3o2)c(=O)c2ccc(Br)cc21. The summed E-state index contributed by atoms with van der Waals surface area (Å²) in [5, 5.41) is 8.04. The Labute approximate surface area is 178 Å². The van der Waals surface area contributed by atoms with E-state index in [0.29, 0.717) is 27.0 Å². The topological polar surface area (TPSA) is 90.0 Å². The van der Waals surface area contributed by atoms with Gasteiger partial charge >= 0.3 is 6.01 Å². The third kappa shape index (κ3) is 3.90. The molecule has 4 rings (SSSR count). The first-order valence-electron chi connectivity index (χ1n) is 8.88. The van der Waals surface area contributed by atoms with Crippen LogP contribution in [0.1, 0.15) is 25.6 Å². The fraction of sp³-hybridized carbons (Fsp3) is 0.200. The van der Waals surface area contributed by atoms with Crippen LogP contribution < -0.4 is 10.7 Å². The normalized spacial score (nSPS) is 11.5. The molecule has 0 radical (unpaired) electrons. The summed E-state index contributed by atoms with van der Waals surface area (Å²) in [5.74, 6) is -0.445. The fourth-order valence-corrected chi connectivity index (χ4v) is 3.57. The van der Waals surface area contributed by atoms with E-state index in [1.165, 1.54) is 0 Å². The Bertz CT molecular complexity index is 1310. The highest BCUT2D eigenvalue weighted by molar-refractivity contribution is 9.10. The first-order chi connectivity index (χ1) is 13.8. The van der Waals surface area contributed by atoms with Crippen molar-refractivity contribution in [2.24, 2.45) is 0 Å². The molecule has 0 spiro atoms. The van der Waals surface area contributed by atoms with Crippen LogP contribution in [0, 0.1) is 0 Å². The van der Waals surface area contributed by atoms with Gasteiger partial charge in [0.05, 0.1) is 11.9 Å². The van der Waals surface area contributed by atoms with Gasteiger partial charge in [0.1, 0.15) is 11.2 Å². The van der Waals surface area contributed by atoms with Crippen LogP contribution >= 0.6 is 27.5 Å². The van der Waals surface area contributed by atoms with Gasteiger partial charge in [-0.15, -0.1) is 0 Å². The van der Waals surface area contributed by atoms with Gasteiger partial charge in [-0.05, 0) is 50.2 Å². The molecule has 0 aliphatic heterocycles. The first kappa shape index (κ1) is 19.6. The second-order valence-corrected chi connectivity index (χ2v) is 8.18. The lowest BCUT2D eigenvalue weighted by molar-refractivity contribution is -0.115. The van der Waals surface area contributed by atoms with Crippen LogP contribution in [-0.4, -0.2) is 20.7 Å². The van der Waals surface area contributed by atoms with Gasteiger partial charge in [-0.25, -0.2) is 0 Å². The van der Waals surface area contributed by atoms with Crippen molar-refractivity contribution in [3.05, 3.63) is 61.8 Å². The molecule has 0 bridgehead atoms. The maximum Gasteiger partial charge on any atom is 0.302 e. The molecule has 0 saturated heterocycles. The molecule has 0 aliphatic carbocycles. The molecule has 0 saturated carbocycles. The summed E-state index contributed by atoms with van der Waals surface area (Å²) in [6, 6.07) is 10.4. The third-order valence-electron chi connectivity index (χ3n) is 4.35. The van der Waals surface area contributed by atoms with Gasteiger partial charge in [0.25, 0.3) is 0 Å². The number of halogens is 2. The van der Waals surface area contributed by atoms with Gasteiger partial charge in [0.2, 0.25) is 11.3 Å². The summed E-state index contributed by atoms with van der Waals surface area (Å²) >= 11 is 9.36. The number of amides is 1. The number of carbonyl (C=O) groups excluding carboxylic acids is 1. The van der Waals surface area contributed by atoms with Gasteiger partial charge in [-0.2, -0.15) is 10.1 Å². The van der Waals surface area contributed by atoms with Crippen molar-refractivity contribution in [1.29, 1.82) is 0 Å². The number of oxazole rings is 1. The van der Waals surface area contributed by atoms with Crippen molar-refractivity contribution in [3.8, 4) is 0 Å². The molecular formula is C20H16BrClN4O3. The van der Waals surface area contributed by atoms with Crippen LogP contribution in [0.2, 0.25) is 5.02 Å². The van der Waals surface area contributed by atoms with E-state index in [1.807, 2.05) is 19.9 Å². The number of anilines is 1. The predicted octanol–water partition coefficient (Wildman–Crippen LogP) is 4.72. The van der Waals surface area contributed by atoms with Crippen LogP contribution in [0.4, 0.5) is 6.01 Å². The molecule has 2 aromatic carbocycles. The van der Waals surface area contributed by atoms with E-state index in [0.717, 1.165) is 4.47 Å². The Morgan fingerprint density at radius 3 is 2.83 bits per heavy atom. The molecular weight excluding hydrogens is 460 g/mol. The summed E-state index contributed by atoms with van der Waals surface area (Å²) in [6.07, 6.45) is -0.197. The summed E-state index contributed by atoms with van der Waals surface area (Å²) in [4.78, 5) is 29.6. The number of nitrogens with zero attached hydrogens (tertiary/aromatic N) is 3. The lowest BCUT2D eigenvalue weighted by Crippen LogP contribution is -2.25. The molecule has 148 valence electrons. The van der Waals surface area contributed by atoms with E-state index in [-0.39, 0.29) is 29.6 Å². The summed E-state index contributed by atoms with van der Waals surface area (Å²) < 4.78 is 8.09. The average Bonchev–Trinajstić information content (AvgIpc) is 3.04. The van der Waals surface area contributed by atoms with Crippen molar-refractivity contribution in [1.82, 2.24) is 14.8 Å². The highest BCUT2D eigenvalue weighted by Crippen LogP contribution is 2.23. The van der Waals surface area contributed by atoms with Gasteiger partial charge < -0.3 is 4.42 Å². The highest BCUT2D eigenvalue weighted by Gasteiger charge is 2.17. The van der Waals surface area contributed by atoms with Gasteiger partial charge in [-0.3, -0.25) is 19.6 Å². The quantitative estimate of drug-likeness (QED) is 0.461. The van der Waals surface area contributed by atoms with E-state index >= 15 is 0 Å². The largest absolute Gasteiger partial charge is 0.423 e. The smallest absolute Gasteiger partial charge is 0.302 e. The first-order valence-corrected chi connectivity index (χ1v) is 10.1. The third-order valence-corrected chi connectivity index (χ3v) is 5.08. The predicted molar refractivity (Wildman–Crippen MR) is 115 cm³/mol. The molecule has 1 N–H and O–H groups in total. The molecule has 2 aromatic heterocycles. The number of benzene rings is 2. The Morgan fingerprint density at radius 1 is 1.28 bits per heavy atom. The van der Waals surface area contributed by atoms with E-state index in [4.69, 9.17) is 16.0 Å². The Kier molecular flexibility index (Phi) is 5.14. The molecule has 2 heterocycles. The van der Waals surface area contributed by atoms with Crippen molar-refractivity contribution < 1.29 is 9.21 Å². The van der Waals surface area contributed by atoms with Crippen LogP contribution in [0.25, 0.3) is 22.0 Å². The second kappa shape index (κ2) is 7.61. The number of aromatic nitrogens is 3. The van der Waals surface area contributed by atoms with Crippen LogP contribution in [0.15, 0.2) is 50.1 Å². The number of fused-ring (bicyclic) bond motifs is 2. The molecule has 29 heavy (non-hydrogen) atoms. The molecule has 9 heteroatoms. The Balaban J connectivity index is 1.65. The van der Waals surface area contributed by atoms with Crippen LogP contribution in [-0.2, 0) is 11.2 Å². The molecule has 0 atom stereocenters. The van der Waals surface area contributed by atoms with E-state index in [2.05, 4.69) is 31.3 Å². The number of hydrogen-bond acceptors (Lipinski definition) is 5. The van der Waals surface area contributed by atoms with Crippen molar-refractivity contribution in [2.75, 3.05) is 5.32 Å². The zero-order chi connectivity index (χ0) is 20.7. The zero-order valence-corrected chi connectivity index (χ0v) is 17.9. The molecule has 0 aliphatic rings. The number of carbonyl (C=O) groups is 1. The lowest BCUT2D eigenvalue weighted by atomic mass is 10.1. The molecule has 0 fully saturated rings. The summed E-state index contributed by atoms with van der Waals surface area (Å²) in [7, 11) is 0. The maximum atomic E-state index is 12.9. The number of rotatable bonds is 4. The zero-order valence-electron chi connectivity index (χ0n) is 15.6. The van der Waals surface area contributed by atoms with E-state index < -0.39 is 5.91 Å². The standard InChI is InChI=1S/C20H16BrClN4O3/c1-10(2)26-16-7-11(21)3-5-13(16)19(28)15(25-26)9-18(27)24-20-23-14-8-12(22)4-6-17(14)29-20/h3-8,10H,9H2,1-2H3,(H,23,24,27). The molecule has 4 aromatic rings. The Morgan fingerprint density at radius 2 is 2.07 bits per heavy atom. The minimum Gasteiger partial charge on any atom is -0.423 e. The monoisotopic (exact) mass is 474 g/mol. The molecule has 0 unspecified atom stereocenters. The summed E-state index contributed by atoms with van der Waals surface area (Å²) in [6.45, 7) is 3.93. The van der Waals surface area contributed by atoms with Crippen molar-refractivity contribution >= 4 is 61.5 Å². The van der Waals surface area contributed by atoms with Gasteiger partial charge in [0, 0.05) is 20.9 Å². The Hall–Kier alpha value is -2.71. The minimum absolute atomic E-state index is 0.0102. The second-order valence-electron chi connectivity index (χ2n) is 6.83. The number of nitrogens with one attached hydrogen (secondary N) is 1. The molecule has 1 amide bonds. The number of hydrogen-bond donors (Lipinski definition) is 1.